The van der Waals surface area contributed by atoms with Gasteiger partial charge in [0.05, 0.1) is 6.54 Å². The highest BCUT2D eigenvalue weighted by Gasteiger charge is 2.12. The zero-order valence-electron chi connectivity index (χ0n) is 11.1. The molecule has 94 valence electrons. The average Bonchev–Trinajstić information content (AvgIpc) is 2.68. The standard InChI is InChI=1S/C15H18N2O/c1-5-14(18)17(4)9-13-11(3)12-8-6-7-10(2)15(12)16-13/h5-8,16H,1,9H2,2-4H3. The first-order valence-electron chi connectivity index (χ1n) is 5.99. The van der Waals surface area contributed by atoms with Crippen molar-refractivity contribution in [2.45, 2.75) is 20.4 Å². The van der Waals surface area contributed by atoms with Crippen molar-refractivity contribution in [3.05, 3.63) is 47.7 Å². The molecule has 0 bridgehead atoms. The van der Waals surface area contributed by atoms with Crippen LogP contribution in [0.15, 0.2) is 30.9 Å². The van der Waals surface area contributed by atoms with E-state index in [-0.39, 0.29) is 5.91 Å². The molecule has 1 aromatic heterocycles. The van der Waals surface area contributed by atoms with Crippen molar-refractivity contribution < 1.29 is 4.79 Å². The number of aromatic nitrogens is 1. The van der Waals surface area contributed by atoms with Gasteiger partial charge in [0.15, 0.2) is 0 Å². The Morgan fingerprint density at radius 1 is 1.44 bits per heavy atom. The van der Waals surface area contributed by atoms with Gasteiger partial charge in [-0.05, 0) is 31.1 Å². The third kappa shape index (κ3) is 2.04. The number of rotatable bonds is 3. The number of carbonyl (C=O) groups is 1. The molecule has 1 N–H and O–H groups in total. The third-order valence-corrected chi connectivity index (χ3v) is 3.35. The molecule has 0 saturated carbocycles. The molecule has 0 atom stereocenters. The number of hydrogen-bond acceptors (Lipinski definition) is 1. The smallest absolute Gasteiger partial charge is 0.246 e. The molecular formula is C15H18N2O. The van der Waals surface area contributed by atoms with Crippen molar-refractivity contribution in [1.29, 1.82) is 0 Å². The summed E-state index contributed by atoms with van der Waals surface area (Å²) in [6.45, 7) is 8.24. The lowest BCUT2D eigenvalue weighted by Gasteiger charge is -2.14. The topological polar surface area (TPSA) is 36.1 Å². The van der Waals surface area contributed by atoms with Crippen LogP contribution in [0.4, 0.5) is 0 Å². The monoisotopic (exact) mass is 242 g/mol. The Morgan fingerprint density at radius 2 is 2.17 bits per heavy atom. The summed E-state index contributed by atoms with van der Waals surface area (Å²) in [5.74, 6) is -0.0650. The summed E-state index contributed by atoms with van der Waals surface area (Å²) in [6.07, 6.45) is 1.34. The number of aryl methyl sites for hydroxylation is 2. The van der Waals surface area contributed by atoms with E-state index in [1.807, 2.05) is 0 Å². The molecule has 3 nitrogen and oxygen atoms in total. The molecule has 0 aliphatic rings. The Balaban J connectivity index is 2.40. The Kier molecular flexibility index (Phi) is 3.24. The third-order valence-electron chi connectivity index (χ3n) is 3.35. The number of benzene rings is 1. The Morgan fingerprint density at radius 3 is 2.78 bits per heavy atom. The van der Waals surface area contributed by atoms with E-state index >= 15 is 0 Å². The van der Waals surface area contributed by atoms with Crippen LogP contribution < -0.4 is 0 Å². The minimum atomic E-state index is -0.0650. The molecule has 0 saturated heterocycles. The molecule has 0 radical (unpaired) electrons. The van der Waals surface area contributed by atoms with Crippen molar-refractivity contribution >= 4 is 16.8 Å². The molecule has 3 heteroatoms. The van der Waals surface area contributed by atoms with Crippen LogP contribution in [0.5, 0.6) is 0 Å². The fourth-order valence-electron chi connectivity index (χ4n) is 2.18. The molecule has 1 amide bonds. The average molecular weight is 242 g/mol. The molecule has 0 spiro atoms. The highest BCUT2D eigenvalue weighted by atomic mass is 16.2. The maximum atomic E-state index is 11.5. The van der Waals surface area contributed by atoms with E-state index in [1.165, 1.54) is 22.6 Å². The van der Waals surface area contributed by atoms with Crippen LogP contribution in [0.2, 0.25) is 0 Å². The van der Waals surface area contributed by atoms with Crippen LogP contribution in [0.1, 0.15) is 16.8 Å². The van der Waals surface area contributed by atoms with Gasteiger partial charge in [0.2, 0.25) is 5.91 Å². The van der Waals surface area contributed by atoms with Crippen LogP contribution in [0.25, 0.3) is 10.9 Å². The van der Waals surface area contributed by atoms with E-state index in [0.717, 1.165) is 11.2 Å². The predicted octanol–water partition coefficient (Wildman–Crippen LogP) is 2.93. The lowest BCUT2D eigenvalue weighted by atomic mass is 10.1. The summed E-state index contributed by atoms with van der Waals surface area (Å²) in [6, 6.07) is 6.24. The number of hydrogen-bond donors (Lipinski definition) is 1. The lowest BCUT2D eigenvalue weighted by Crippen LogP contribution is -2.24. The van der Waals surface area contributed by atoms with Gasteiger partial charge in [0.25, 0.3) is 0 Å². The van der Waals surface area contributed by atoms with Crippen molar-refractivity contribution in [2.24, 2.45) is 0 Å². The summed E-state index contributed by atoms with van der Waals surface area (Å²) >= 11 is 0. The Labute approximate surface area is 107 Å². The van der Waals surface area contributed by atoms with Crippen LogP contribution in [0.3, 0.4) is 0 Å². The van der Waals surface area contributed by atoms with Gasteiger partial charge in [0, 0.05) is 23.6 Å². The molecule has 2 aromatic rings. The van der Waals surface area contributed by atoms with Crippen molar-refractivity contribution in [1.82, 2.24) is 9.88 Å². The zero-order chi connectivity index (χ0) is 13.3. The van der Waals surface area contributed by atoms with Gasteiger partial charge in [-0.3, -0.25) is 4.79 Å². The summed E-state index contributed by atoms with van der Waals surface area (Å²) in [5, 5.41) is 1.23. The molecular weight excluding hydrogens is 224 g/mol. The second-order valence-electron chi connectivity index (χ2n) is 4.62. The molecule has 0 fully saturated rings. The van der Waals surface area contributed by atoms with Gasteiger partial charge in [-0.15, -0.1) is 0 Å². The molecule has 0 aliphatic heterocycles. The predicted molar refractivity (Wildman–Crippen MR) is 74.4 cm³/mol. The maximum Gasteiger partial charge on any atom is 0.246 e. The van der Waals surface area contributed by atoms with Crippen molar-refractivity contribution in [3.8, 4) is 0 Å². The Bertz CT molecular complexity index is 610. The first-order chi connectivity index (χ1) is 8.54. The van der Waals surface area contributed by atoms with E-state index in [2.05, 4.69) is 43.6 Å². The van der Waals surface area contributed by atoms with Crippen molar-refractivity contribution in [2.75, 3.05) is 7.05 Å². The number of fused-ring (bicyclic) bond motifs is 1. The van der Waals surface area contributed by atoms with Gasteiger partial charge in [-0.1, -0.05) is 24.8 Å². The van der Waals surface area contributed by atoms with E-state index in [1.54, 1.807) is 11.9 Å². The zero-order valence-corrected chi connectivity index (χ0v) is 11.1. The second-order valence-corrected chi connectivity index (χ2v) is 4.62. The quantitative estimate of drug-likeness (QED) is 0.825. The summed E-state index contributed by atoms with van der Waals surface area (Å²) in [5.41, 5.74) is 4.67. The number of likely N-dealkylation sites (N-methyl/N-ethyl adjacent to an activating group) is 1. The summed E-state index contributed by atoms with van der Waals surface area (Å²) in [7, 11) is 1.78. The molecule has 1 heterocycles. The number of aromatic amines is 1. The molecule has 1 aromatic carbocycles. The minimum absolute atomic E-state index is 0.0650. The highest BCUT2D eigenvalue weighted by Crippen LogP contribution is 2.24. The van der Waals surface area contributed by atoms with E-state index in [9.17, 15) is 4.79 Å². The van der Waals surface area contributed by atoms with Gasteiger partial charge in [-0.25, -0.2) is 0 Å². The second kappa shape index (κ2) is 4.69. The maximum absolute atomic E-state index is 11.5. The van der Waals surface area contributed by atoms with E-state index in [4.69, 9.17) is 0 Å². The number of amides is 1. The SMILES string of the molecule is C=CC(=O)N(C)Cc1[nH]c2c(C)cccc2c1C. The van der Waals surface area contributed by atoms with Crippen LogP contribution in [-0.2, 0) is 11.3 Å². The summed E-state index contributed by atoms with van der Waals surface area (Å²) < 4.78 is 0. The minimum Gasteiger partial charge on any atom is -0.356 e. The number of nitrogens with zero attached hydrogens (tertiary/aromatic N) is 1. The highest BCUT2D eigenvalue weighted by molar-refractivity contribution is 5.88. The fraction of sp³-hybridized carbons (Fsp3) is 0.267. The molecule has 2 rings (SSSR count). The summed E-state index contributed by atoms with van der Waals surface area (Å²) in [4.78, 5) is 16.6. The van der Waals surface area contributed by atoms with Gasteiger partial charge in [0.1, 0.15) is 0 Å². The largest absolute Gasteiger partial charge is 0.356 e. The fourth-order valence-corrected chi connectivity index (χ4v) is 2.18. The molecule has 18 heavy (non-hydrogen) atoms. The van der Waals surface area contributed by atoms with Crippen LogP contribution >= 0.6 is 0 Å². The first kappa shape index (κ1) is 12.4. The Hall–Kier alpha value is -2.03. The number of carbonyl (C=O) groups excluding carboxylic acids is 1. The number of H-pyrrole nitrogens is 1. The van der Waals surface area contributed by atoms with E-state index in [0.29, 0.717) is 6.54 Å². The van der Waals surface area contributed by atoms with Gasteiger partial charge >= 0.3 is 0 Å². The van der Waals surface area contributed by atoms with Crippen LogP contribution in [-0.4, -0.2) is 22.8 Å². The normalized spacial score (nSPS) is 10.6. The van der Waals surface area contributed by atoms with Gasteiger partial charge in [-0.2, -0.15) is 0 Å². The van der Waals surface area contributed by atoms with E-state index < -0.39 is 0 Å². The van der Waals surface area contributed by atoms with Crippen LogP contribution in [0, 0.1) is 13.8 Å². The van der Waals surface area contributed by atoms with Crippen molar-refractivity contribution in [3.63, 3.8) is 0 Å². The number of nitrogens with one attached hydrogen (secondary N) is 1. The first-order valence-corrected chi connectivity index (χ1v) is 5.99. The number of para-hydroxylation sites is 1. The lowest BCUT2D eigenvalue weighted by molar-refractivity contribution is -0.125. The molecule has 0 aliphatic carbocycles. The van der Waals surface area contributed by atoms with Gasteiger partial charge < -0.3 is 9.88 Å². The molecule has 0 unspecified atom stereocenters.